The Hall–Kier alpha value is -3.81. The number of morpholine rings is 1. The fraction of sp³-hybridized carbons (Fsp3) is 0.240. The van der Waals surface area contributed by atoms with Gasteiger partial charge in [-0.1, -0.05) is 6.07 Å². The van der Waals surface area contributed by atoms with Gasteiger partial charge in [-0.25, -0.2) is 8.42 Å². The van der Waals surface area contributed by atoms with E-state index in [2.05, 4.69) is 20.3 Å². The molecular weight excluding hydrogens is 523 g/mol. The van der Waals surface area contributed by atoms with Crippen LogP contribution in [0.2, 0.25) is 0 Å². The van der Waals surface area contributed by atoms with Crippen molar-refractivity contribution in [3.05, 3.63) is 66.4 Å². The summed E-state index contributed by atoms with van der Waals surface area (Å²) < 4.78 is 78.2. The van der Waals surface area contributed by atoms with E-state index >= 15 is 0 Å². The zero-order valence-electron chi connectivity index (χ0n) is 20.1. The molecule has 0 radical (unpaired) electrons. The minimum absolute atomic E-state index is 0.000677. The molecule has 1 fully saturated rings. The lowest BCUT2D eigenvalue weighted by atomic mass is 10.0. The molecule has 2 aromatic carbocycles. The summed E-state index contributed by atoms with van der Waals surface area (Å²) >= 11 is 0. The van der Waals surface area contributed by atoms with Gasteiger partial charge in [0.25, 0.3) is 0 Å². The highest BCUT2D eigenvalue weighted by Crippen LogP contribution is 2.37. The Morgan fingerprint density at radius 3 is 2.45 bits per heavy atom. The summed E-state index contributed by atoms with van der Waals surface area (Å²) in [6.45, 7) is 1.28. The minimum Gasteiger partial charge on any atom is -0.467 e. The SMILES string of the molecule is COc1nc(Nc2ccc(S(=O)(=O)N3CCOCC3)cc2)c2ccc(-c3ncccc3C(F)(F)F)cc2n1. The number of ether oxygens (including phenoxy) is 2. The monoisotopic (exact) mass is 545 g/mol. The zero-order valence-corrected chi connectivity index (χ0v) is 20.9. The van der Waals surface area contributed by atoms with Gasteiger partial charge in [0.2, 0.25) is 10.0 Å². The number of nitrogens with zero attached hydrogens (tertiary/aromatic N) is 4. The lowest BCUT2D eigenvalue weighted by Gasteiger charge is -2.26. The number of alkyl halides is 3. The average Bonchev–Trinajstić information content (AvgIpc) is 2.93. The molecule has 13 heteroatoms. The van der Waals surface area contributed by atoms with Crippen LogP contribution in [0, 0.1) is 0 Å². The number of hydrogen-bond donors (Lipinski definition) is 1. The van der Waals surface area contributed by atoms with Crippen LogP contribution in [0.1, 0.15) is 5.56 Å². The maximum absolute atomic E-state index is 13.5. The van der Waals surface area contributed by atoms with Gasteiger partial charge in [0.1, 0.15) is 5.82 Å². The molecule has 0 amide bonds. The summed E-state index contributed by atoms with van der Waals surface area (Å²) in [5.41, 5.74) is 0.0370. The van der Waals surface area contributed by atoms with Gasteiger partial charge in [-0.3, -0.25) is 4.98 Å². The van der Waals surface area contributed by atoms with Gasteiger partial charge in [-0.05, 0) is 48.5 Å². The Morgan fingerprint density at radius 1 is 1.03 bits per heavy atom. The molecule has 5 rings (SSSR count). The van der Waals surface area contributed by atoms with Crippen LogP contribution in [0.25, 0.3) is 22.2 Å². The van der Waals surface area contributed by atoms with E-state index in [1.165, 1.54) is 47.9 Å². The van der Waals surface area contributed by atoms with Gasteiger partial charge in [-0.15, -0.1) is 0 Å². The summed E-state index contributed by atoms with van der Waals surface area (Å²) in [4.78, 5) is 12.7. The van der Waals surface area contributed by atoms with E-state index in [0.29, 0.717) is 48.7 Å². The highest BCUT2D eigenvalue weighted by atomic mass is 32.2. The van der Waals surface area contributed by atoms with Crippen LogP contribution in [-0.2, 0) is 20.9 Å². The van der Waals surface area contributed by atoms with Crippen molar-refractivity contribution in [2.45, 2.75) is 11.1 Å². The largest absolute Gasteiger partial charge is 0.467 e. The Morgan fingerprint density at radius 2 is 1.76 bits per heavy atom. The van der Waals surface area contributed by atoms with Crippen LogP contribution in [0.3, 0.4) is 0 Å². The van der Waals surface area contributed by atoms with Crippen LogP contribution in [0.5, 0.6) is 6.01 Å². The van der Waals surface area contributed by atoms with E-state index in [4.69, 9.17) is 9.47 Å². The van der Waals surface area contributed by atoms with Crippen molar-refractivity contribution in [2.24, 2.45) is 0 Å². The van der Waals surface area contributed by atoms with Crippen LogP contribution in [-0.4, -0.2) is 61.1 Å². The molecule has 0 unspecified atom stereocenters. The molecular formula is C25H22F3N5O4S. The molecule has 3 heterocycles. The van der Waals surface area contributed by atoms with Crippen LogP contribution < -0.4 is 10.1 Å². The number of rotatable bonds is 6. The van der Waals surface area contributed by atoms with Crippen molar-refractivity contribution in [1.82, 2.24) is 19.3 Å². The van der Waals surface area contributed by atoms with Crippen molar-refractivity contribution >= 4 is 32.4 Å². The smallest absolute Gasteiger partial charge is 0.418 e. The number of aromatic nitrogens is 3. The molecule has 1 saturated heterocycles. The highest BCUT2D eigenvalue weighted by molar-refractivity contribution is 7.89. The predicted octanol–water partition coefficient (Wildman–Crippen LogP) is 4.48. The summed E-state index contributed by atoms with van der Waals surface area (Å²) in [6.07, 6.45) is -3.28. The Kier molecular flexibility index (Phi) is 6.90. The number of benzene rings is 2. The first-order chi connectivity index (χ1) is 18.2. The molecule has 0 saturated carbocycles. The number of hydrogen-bond acceptors (Lipinski definition) is 8. The lowest BCUT2D eigenvalue weighted by molar-refractivity contribution is -0.137. The molecule has 1 aliphatic rings. The van der Waals surface area contributed by atoms with Gasteiger partial charge < -0.3 is 14.8 Å². The first-order valence-electron chi connectivity index (χ1n) is 11.5. The third-order valence-electron chi connectivity index (χ3n) is 5.97. The number of halogens is 3. The maximum Gasteiger partial charge on any atom is 0.418 e. The van der Waals surface area contributed by atoms with Crippen molar-refractivity contribution < 1.29 is 31.1 Å². The average molecular weight is 546 g/mol. The summed E-state index contributed by atoms with van der Waals surface area (Å²) in [6, 6.07) is 13.0. The first kappa shape index (κ1) is 25.8. The molecule has 9 nitrogen and oxygen atoms in total. The van der Waals surface area contributed by atoms with Gasteiger partial charge in [0.15, 0.2) is 0 Å². The molecule has 0 spiro atoms. The fourth-order valence-electron chi connectivity index (χ4n) is 4.09. The fourth-order valence-corrected chi connectivity index (χ4v) is 5.50. The summed E-state index contributed by atoms with van der Waals surface area (Å²) in [5, 5.41) is 3.64. The van der Waals surface area contributed by atoms with Crippen LogP contribution in [0.4, 0.5) is 24.7 Å². The number of methoxy groups -OCH3 is 1. The Bertz CT molecular complexity index is 1570. The Labute approximate surface area is 216 Å². The lowest BCUT2D eigenvalue weighted by Crippen LogP contribution is -2.40. The number of sulfonamides is 1. The van der Waals surface area contributed by atoms with E-state index in [1.807, 2.05) is 0 Å². The second kappa shape index (κ2) is 10.2. The topological polar surface area (TPSA) is 107 Å². The summed E-state index contributed by atoms with van der Waals surface area (Å²) in [5.74, 6) is 0.333. The van der Waals surface area contributed by atoms with E-state index in [0.717, 1.165) is 6.07 Å². The molecule has 4 aromatic rings. The normalized spacial score (nSPS) is 14.9. The maximum atomic E-state index is 13.5. The van der Waals surface area contributed by atoms with Crippen molar-refractivity contribution in [2.75, 3.05) is 38.7 Å². The minimum atomic E-state index is -4.57. The predicted molar refractivity (Wildman–Crippen MR) is 134 cm³/mol. The first-order valence-corrected chi connectivity index (χ1v) is 12.9. The third-order valence-corrected chi connectivity index (χ3v) is 7.88. The zero-order chi connectivity index (χ0) is 26.9. The number of nitrogens with one attached hydrogen (secondary N) is 1. The number of fused-ring (bicyclic) bond motifs is 1. The molecule has 1 aliphatic heterocycles. The molecule has 0 atom stereocenters. The van der Waals surface area contributed by atoms with Gasteiger partial charge in [-0.2, -0.15) is 27.4 Å². The van der Waals surface area contributed by atoms with E-state index in [-0.39, 0.29) is 22.2 Å². The van der Waals surface area contributed by atoms with E-state index in [9.17, 15) is 21.6 Å². The summed E-state index contributed by atoms with van der Waals surface area (Å²) in [7, 11) is -2.27. The highest BCUT2D eigenvalue weighted by Gasteiger charge is 2.34. The molecule has 38 heavy (non-hydrogen) atoms. The van der Waals surface area contributed by atoms with E-state index in [1.54, 1.807) is 18.2 Å². The number of anilines is 2. The van der Waals surface area contributed by atoms with Crippen LogP contribution >= 0.6 is 0 Å². The molecule has 198 valence electrons. The molecule has 0 bridgehead atoms. The van der Waals surface area contributed by atoms with Gasteiger partial charge in [0.05, 0.1) is 42.0 Å². The third kappa shape index (κ3) is 5.12. The van der Waals surface area contributed by atoms with E-state index < -0.39 is 21.8 Å². The second-order valence-corrected chi connectivity index (χ2v) is 10.3. The van der Waals surface area contributed by atoms with Crippen molar-refractivity contribution in [3.63, 3.8) is 0 Å². The van der Waals surface area contributed by atoms with Crippen molar-refractivity contribution in [1.29, 1.82) is 0 Å². The number of pyridine rings is 1. The molecule has 0 aliphatic carbocycles. The molecule has 2 aromatic heterocycles. The molecule has 1 N–H and O–H groups in total. The quantitative estimate of drug-likeness (QED) is 0.378. The van der Waals surface area contributed by atoms with Gasteiger partial charge >= 0.3 is 12.2 Å². The standard InChI is InChI=1S/C25H22F3N5O4S/c1-36-24-31-21-15-16(22-20(25(26,27)28)3-2-10-29-22)4-9-19(21)23(32-24)30-17-5-7-18(8-6-17)38(34,35)33-11-13-37-14-12-33/h2-10,15H,11-14H2,1H3,(H,30,31,32). The Balaban J connectivity index is 1.48. The second-order valence-electron chi connectivity index (χ2n) is 8.35. The van der Waals surface area contributed by atoms with Gasteiger partial charge in [0, 0.05) is 35.9 Å². The van der Waals surface area contributed by atoms with Crippen LogP contribution in [0.15, 0.2) is 65.7 Å². The van der Waals surface area contributed by atoms with Crippen molar-refractivity contribution in [3.8, 4) is 17.3 Å².